The Balaban J connectivity index is 0.685. The van der Waals surface area contributed by atoms with Crippen LogP contribution in [0.15, 0.2) is 36.5 Å². The molecule has 3 atom stereocenters. The van der Waals surface area contributed by atoms with Crippen LogP contribution < -0.4 is 25.2 Å². The number of anilines is 2. The summed E-state index contributed by atoms with van der Waals surface area (Å²) in [6.07, 6.45) is 10.7. The monoisotopic (exact) mass is 918 g/mol. The first kappa shape index (κ1) is 42.2. The van der Waals surface area contributed by atoms with Crippen molar-refractivity contribution in [1.82, 2.24) is 40.3 Å². The molecule has 6 aliphatic heterocycles. The first-order chi connectivity index (χ1) is 32.0. The maximum Gasteiger partial charge on any atom is 0.319 e. The highest BCUT2D eigenvalue weighted by molar-refractivity contribution is 6.32. The van der Waals surface area contributed by atoms with Crippen molar-refractivity contribution in [2.24, 2.45) is 5.41 Å². The molecule has 17 heteroatoms. The van der Waals surface area contributed by atoms with E-state index in [4.69, 9.17) is 26.3 Å². The number of benzene rings is 2. The highest BCUT2D eigenvalue weighted by atomic mass is 35.5. The number of phenolic OH excluding ortho intramolecular Hbond substituents is 1. The maximum absolute atomic E-state index is 17.0. The molecule has 8 aliphatic rings. The Bertz CT molecular complexity index is 2620. The number of aromatic nitrogens is 3. The first-order valence-electron chi connectivity index (χ1n) is 24.1. The van der Waals surface area contributed by atoms with Gasteiger partial charge in [-0.15, -0.1) is 0 Å². The number of imide groups is 1. The van der Waals surface area contributed by atoms with Crippen molar-refractivity contribution in [3.8, 4) is 23.0 Å². The van der Waals surface area contributed by atoms with E-state index in [1.165, 1.54) is 6.07 Å². The van der Waals surface area contributed by atoms with E-state index in [9.17, 15) is 19.5 Å². The van der Waals surface area contributed by atoms with E-state index >= 15 is 4.39 Å². The molecule has 2 unspecified atom stereocenters. The summed E-state index contributed by atoms with van der Waals surface area (Å²) in [5.74, 6) is -0.541. The predicted octanol–water partition coefficient (Wildman–Crippen LogP) is 5.21. The van der Waals surface area contributed by atoms with Gasteiger partial charge in [0.2, 0.25) is 11.8 Å². The van der Waals surface area contributed by atoms with Crippen LogP contribution in [0.25, 0.3) is 22.2 Å². The van der Waals surface area contributed by atoms with Crippen LogP contribution in [0.3, 0.4) is 0 Å². The number of piperidine rings is 2. The summed E-state index contributed by atoms with van der Waals surface area (Å²) in [5.41, 5.74) is 4.31. The number of ether oxygens (including phenoxy) is 1. The Morgan fingerprint density at radius 1 is 0.879 bits per heavy atom. The maximum atomic E-state index is 17.0. The first-order valence-corrected chi connectivity index (χ1v) is 24.4. The molecule has 2 aromatic heterocycles. The lowest BCUT2D eigenvalue weighted by Gasteiger charge is -2.44. The average Bonchev–Trinajstić information content (AvgIpc) is 4.25. The molecule has 3 N–H and O–H groups in total. The standard InChI is InChI=1S/C49H56ClFN10O5/c50-38-21-34(62)20-36(41(38)28-1-2-28)43-42(51)44-37(22-52-43)45(60-24-30-3-4-31(25-60)53-30)56-48(55-44)66-27-49(11-12-49)26-57-13-9-32(10-14-57)58-15-17-59(18-16-58)33-5-6-35-29(19-33)23-61(47(35)65)39-7-8-40(63)54-46(39)64/h5-6,19-22,28,30-32,39,53,62H,1-4,7-18,23-27H2,(H,54,63,64)/t30?,31?,39-/m0/s1. The molecule has 2 aromatic carbocycles. The van der Waals surface area contributed by atoms with Crippen LogP contribution in [0.5, 0.6) is 11.8 Å². The smallest absolute Gasteiger partial charge is 0.319 e. The number of nitrogens with one attached hydrogen (secondary N) is 2. The number of phenols is 1. The van der Waals surface area contributed by atoms with Crippen LogP contribution in [0.4, 0.5) is 15.9 Å². The van der Waals surface area contributed by atoms with Crippen LogP contribution in [0.2, 0.25) is 5.02 Å². The molecular weight excluding hydrogens is 863 g/mol. The summed E-state index contributed by atoms with van der Waals surface area (Å²) in [6, 6.07) is 9.92. The molecule has 8 heterocycles. The van der Waals surface area contributed by atoms with Gasteiger partial charge in [0.1, 0.15) is 28.8 Å². The molecule has 12 rings (SSSR count). The lowest BCUT2D eigenvalue weighted by atomic mass is 9.98. The topological polar surface area (TPSA) is 160 Å². The molecule has 346 valence electrons. The molecule has 7 fully saturated rings. The molecule has 2 bridgehead atoms. The number of fused-ring (bicyclic) bond motifs is 4. The fraction of sp³-hybridized carbons (Fsp3) is 0.551. The molecule has 66 heavy (non-hydrogen) atoms. The van der Waals surface area contributed by atoms with Crippen molar-refractivity contribution in [1.29, 1.82) is 0 Å². The summed E-state index contributed by atoms with van der Waals surface area (Å²) >= 11 is 6.65. The van der Waals surface area contributed by atoms with Gasteiger partial charge in [-0.25, -0.2) is 4.39 Å². The third kappa shape index (κ3) is 7.90. The number of carbonyl (C=O) groups excluding carboxylic acids is 3. The van der Waals surface area contributed by atoms with Crippen LogP contribution >= 0.6 is 11.6 Å². The van der Waals surface area contributed by atoms with E-state index in [1.54, 1.807) is 17.2 Å². The Labute approximate surface area is 388 Å². The van der Waals surface area contributed by atoms with Gasteiger partial charge in [-0.1, -0.05) is 11.6 Å². The minimum Gasteiger partial charge on any atom is -0.508 e. The lowest BCUT2D eigenvalue weighted by molar-refractivity contribution is -0.136. The minimum absolute atomic E-state index is 0.00386. The summed E-state index contributed by atoms with van der Waals surface area (Å²) < 4.78 is 23.5. The van der Waals surface area contributed by atoms with Gasteiger partial charge in [-0.2, -0.15) is 9.97 Å². The highest BCUT2D eigenvalue weighted by Gasteiger charge is 2.46. The zero-order valence-corrected chi connectivity index (χ0v) is 37.9. The van der Waals surface area contributed by atoms with Gasteiger partial charge in [0.25, 0.3) is 5.91 Å². The number of carbonyl (C=O) groups is 3. The van der Waals surface area contributed by atoms with E-state index in [0.717, 1.165) is 127 Å². The number of halogens is 2. The number of pyridine rings is 1. The number of rotatable bonds is 11. The highest BCUT2D eigenvalue weighted by Crippen LogP contribution is 2.50. The van der Waals surface area contributed by atoms with Crippen LogP contribution in [0, 0.1) is 11.2 Å². The van der Waals surface area contributed by atoms with E-state index < -0.39 is 11.9 Å². The van der Waals surface area contributed by atoms with E-state index in [0.29, 0.717) is 65.1 Å². The SMILES string of the molecule is O=C1CC[C@H](N2Cc3cc(N4CCN(C5CCN(CC6(COc7nc(N8CC9CCC(C8)N9)c8cnc(-c9cc(O)cc(Cl)c9C9CC9)c(F)c8n7)CC6)CC5)CC4)ccc3C2=O)C(=O)N1. The van der Waals surface area contributed by atoms with E-state index in [-0.39, 0.29) is 58.4 Å². The zero-order valence-electron chi connectivity index (χ0n) is 37.1. The minimum atomic E-state index is -0.611. The van der Waals surface area contributed by atoms with Crippen molar-refractivity contribution in [2.45, 2.75) is 101 Å². The lowest BCUT2D eigenvalue weighted by Crippen LogP contribution is -2.53. The quantitative estimate of drug-likeness (QED) is 0.169. The number of piperazine rings is 2. The second-order valence-electron chi connectivity index (χ2n) is 20.3. The van der Waals surface area contributed by atoms with Gasteiger partial charge >= 0.3 is 6.01 Å². The zero-order chi connectivity index (χ0) is 44.8. The fourth-order valence-corrected chi connectivity index (χ4v) is 12.2. The van der Waals surface area contributed by atoms with Gasteiger partial charge in [-0.3, -0.25) is 29.6 Å². The van der Waals surface area contributed by atoms with Crippen LogP contribution in [-0.4, -0.2) is 142 Å². The van der Waals surface area contributed by atoms with E-state index in [1.807, 2.05) is 12.1 Å². The Morgan fingerprint density at radius 3 is 2.38 bits per heavy atom. The molecule has 15 nitrogen and oxygen atoms in total. The van der Waals surface area contributed by atoms with Gasteiger partial charge in [0.15, 0.2) is 5.82 Å². The summed E-state index contributed by atoms with van der Waals surface area (Å²) in [5, 5.41) is 17.6. The predicted molar refractivity (Wildman–Crippen MR) is 246 cm³/mol. The van der Waals surface area contributed by atoms with Gasteiger partial charge in [0.05, 0.1) is 12.0 Å². The van der Waals surface area contributed by atoms with Crippen LogP contribution in [-0.2, 0) is 16.1 Å². The molecule has 0 radical (unpaired) electrons. The van der Waals surface area contributed by atoms with Gasteiger partial charge in [0, 0.05) is 110 Å². The Morgan fingerprint density at radius 2 is 1.65 bits per heavy atom. The molecule has 0 spiro atoms. The number of likely N-dealkylation sites (tertiary alicyclic amines) is 1. The molecule has 3 amide bonds. The average molecular weight is 920 g/mol. The van der Waals surface area contributed by atoms with Gasteiger partial charge < -0.3 is 34.8 Å². The largest absolute Gasteiger partial charge is 0.508 e. The molecule has 2 saturated carbocycles. The number of hydrogen-bond donors (Lipinski definition) is 3. The second-order valence-corrected chi connectivity index (χ2v) is 20.7. The summed E-state index contributed by atoms with van der Waals surface area (Å²) in [6.45, 7) is 9.15. The normalized spacial score (nSPS) is 25.8. The molecule has 4 aromatic rings. The van der Waals surface area contributed by atoms with Crippen molar-refractivity contribution < 1.29 is 28.6 Å². The van der Waals surface area contributed by atoms with Crippen molar-refractivity contribution >= 4 is 51.7 Å². The Hall–Kier alpha value is -5.16. The molecular formula is C49H56ClFN10O5. The molecule has 2 aliphatic carbocycles. The number of nitrogens with zero attached hydrogens (tertiary/aromatic N) is 8. The third-order valence-corrected chi connectivity index (χ3v) is 16.1. The second kappa shape index (κ2) is 16.6. The van der Waals surface area contributed by atoms with E-state index in [2.05, 4.69) is 41.3 Å². The van der Waals surface area contributed by atoms with Crippen molar-refractivity contribution in [3.05, 3.63) is 64.1 Å². The van der Waals surface area contributed by atoms with Crippen molar-refractivity contribution in [3.63, 3.8) is 0 Å². The van der Waals surface area contributed by atoms with Crippen molar-refractivity contribution in [2.75, 3.05) is 75.3 Å². The number of amides is 3. The summed E-state index contributed by atoms with van der Waals surface area (Å²) in [7, 11) is 0. The molecule has 5 saturated heterocycles. The Kier molecular flexibility index (Phi) is 10.6. The summed E-state index contributed by atoms with van der Waals surface area (Å²) in [4.78, 5) is 63.4. The number of hydrogen-bond acceptors (Lipinski definition) is 13. The third-order valence-electron chi connectivity index (χ3n) is 15.8. The van der Waals surface area contributed by atoms with Gasteiger partial charge in [-0.05, 0) is 118 Å². The number of aromatic hydroxyl groups is 1. The fourth-order valence-electron chi connectivity index (χ4n) is 11.8. The van der Waals surface area contributed by atoms with Crippen LogP contribution in [0.1, 0.15) is 91.6 Å².